The summed E-state index contributed by atoms with van der Waals surface area (Å²) < 4.78 is 14.4. The minimum absolute atomic E-state index is 0.146. The summed E-state index contributed by atoms with van der Waals surface area (Å²) >= 11 is 3.34. The number of carbonyl (C=O) groups is 1. The predicted molar refractivity (Wildman–Crippen MR) is 79.2 cm³/mol. The molecule has 2 N–H and O–H groups in total. The zero-order valence-electron chi connectivity index (χ0n) is 10.7. The Hall–Kier alpha value is -1.88. The molecule has 0 saturated heterocycles. The Morgan fingerprint density at radius 2 is 1.80 bits per heavy atom. The molecule has 0 bridgehead atoms. The van der Waals surface area contributed by atoms with E-state index in [2.05, 4.69) is 21.2 Å². The maximum Gasteiger partial charge on any atom is 0.333 e. The fourth-order valence-corrected chi connectivity index (χ4v) is 2.62. The van der Waals surface area contributed by atoms with Crippen LogP contribution in [-0.4, -0.2) is 11.1 Å². The van der Waals surface area contributed by atoms with Gasteiger partial charge >= 0.3 is 5.97 Å². The van der Waals surface area contributed by atoms with Crippen LogP contribution >= 0.6 is 15.9 Å². The highest BCUT2D eigenvalue weighted by atomic mass is 79.9. The molecule has 20 heavy (non-hydrogen) atoms. The molecule has 3 nitrogen and oxygen atoms in total. The van der Waals surface area contributed by atoms with E-state index in [1.165, 1.54) is 19.1 Å². The zero-order valence-corrected chi connectivity index (χ0v) is 12.3. The molecular formula is C15H13BrFNO2. The van der Waals surface area contributed by atoms with Crippen molar-refractivity contribution < 1.29 is 14.3 Å². The van der Waals surface area contributed by atoms with Gasteiger partial charge < -0.3 is 10.4 Å². The largest absolute Gasteiger partial charge is 0.479 e. The summed E-state index contributed by atoms with van der Waals surface area (Å²) in [6, 6.07) is 13.0. The van der Waals surface area contributed by atoms with Crippen LogP contribution in [0.25, 0.3) is 0 Å². The number of nitrogens with one attached hydrogen (secondary N) is 1. The molecule has 2 rings (SSSR count). The SMILES string of the molecule is CC(Nc1ccccc1F)(C(=O)O)c1ccccc1Br. The number of carboxylic acids is 1. The van der Waals surface area contributed by atoms with Crippen LogP contribution in [-0.2, 0) is 10.3 Å². The molecule has 0 saturated carbocycles. The van der Waals surface area contributed by atoms with Gasteiger partial charge in [0.2, 0.25) is 0 Å². The Balaban J connectivity index is 2.49. The summed E-state index contributed by atoms with van der Waals surface area (Å²) in [6.07, 6.45) is 0. The summed E-state index contributed by atoms with van der Waals surface area (Å²) in [6.45, 7) is 1.50. The number of para-hydroxylation sites is 1. The fraction of sp³-hybridized carbons (Fsp3) is 0.133. The van der Waals surface area contributed by atoms with Gasteiger partial charge in [0, 0.05) is 10.0 Å². The first-order valence-electron chi connectivity index (χ1n) is 5.96. The molecule has 1 atom stereocenters. The number of carboxylic acid groups (broad SMARTS) is 1. The van der Waals surface area contributed by atoms with Crippen LogP contribution in [0, 0.1) is 5.82 Å². The lowest BCUT2D eigenvalue weighted by molar-refractivity contribution is -0.142. The third-order valence-corrected chi connectivity index (χ3v) is 3.79. The third-order valence-electron chi connectivity index (χ3n) is 3.10. The van der Waals surface area contributed by atoms with Crippen molar-refractivity contribution in [3.8, 4) is 0 Å². The van der Waals surface area contributed by atoms with E-state index >= 15 is 0 Å². The van der Waals surface area contributed by atoms with Gasteiger partial charge in [0.15, 0.2) is 5.54 Å². The van der Waals surface area contributed by atoms with Gasteiger partial charge in [0.1, 0.15) is 5.82 Å². The first-order valence-corrected chi connectivity index (χ1v) is 6.75. The van der Waals surface area contributed by atoms with Crippen molar-refractivity contribution in [2.24, 2.45) is 0 Å². The smallest absolute Gasteiger partial charge is 0.333 e. The van der Waals surface area contributed by atoms with Gasteiger partial charge in [0.05, 0.1) is 5.69 Å². The summed E-state index contributed by atoms with van der Waals surface area (Å²) in [5.41, 5.74) is -0.772. The number of anilines is 1. The van der Waals surface area contributed by atoms with E-state index in [1.54, 1.807) is 36.4 Å². The molecule has 0 heterocycles. The molecule has 0 aromatic heterocycles. The molecule has 104 valence electrons. The van der Waals surface area contributed by atoms with Crippen LogP contribution in [0.3, 0.4) is 0 Å². The quantitative estimate of drug-likeness (QED) is 0.886. The van der Waals surface area contributed by atoms with E-state index in [1.807, 2.05) is 0 Å². The first kappa shape index (κ1) is 14.5. The van der Waals surface area contributed by atoms with Crippen LogP contribution in [0.1, 0.15) is 12.5 Å². The molecule has 0 spiro atoms. The van der Waals surface area contributed by atoms with E-state index in [0.717, 1.165) is 0 Å². The van der Waals surface area contributed by atoms with Gasteiger partial charge in [-0.3, -0.25) is 0 Å². The van der Waals surface area contributed by atoms with Crippen molar-refractivity contribution in [3.63, 3.8) is 0 Å². The lowest BCUT2D eigenvalue weighted by Gasteiger charge is -2.29. The average molecular weight is 338 g/mol. The summed E-state index contributed by atoms with van der Waals surface area (Å²) in [7, 11) is 0. The monoisotopic (exact) mass is 337 g/mol. The Labute approximate surface area is 124 Å². The first-order chi connectivity index (χ1) is 9.45. The van der Waals surface area contributed by atoms with Gasteiger partial charge in [-0.1, -0.05) is 46.3 Å². The maximum atomic E-state index is 13.7. The lowest BCUT2D eigenvalue weighted by Crippen LogP contribution is -2.41. The van der Waals surface area contributed by atoms with Crippen molar-refractivity contribution in [1.29, 1.82) is 0 Å². The highest BCUT2D eigenvalue weighted by Gasteiger charge is 2.37. The molecule has 2 aromatic rings. The van der Waals surface area contributed by atoms with E-state index in [9.17, 15) is 14.3 Å². The number of benzene rings is 2. The molecule has 0 aliphatic rings. The standard InChI is InChI=1S/C15H13BrFNO2/c1-15(14(19)20,10-6-2-3-7-11(10)16)18-13-9-5-4-8-12(13)17/h2-9,18H,1H3,(H,19,20). The van der Waals surface area contributed by atoms with Crippen LogP contribution in [0.15, 0.2) is 53.0 Å². The number of rotatable bonds is 4. The second-order valence-corrected chi connectivity index (χ2v) is 5.37. The van der Waals surface area contributed by atoms with Crippen molar-refractivity contribution in [1.82, 2.24) is 0 Å². The topological polar surface area (TPSA) is 49.3 Å². The molecule has 0 aliphatic heterocycles. The summed E-state index contributed by atoms with van der Waals surface area (Å²) in [5, 5.41) is 12.3. The molecule has 5 heteroatoms. The van der Waals surface area contributed by atoms with Gasteiger partial charge in [-0.2, -0.15) is 0 Å². The molecule has 0 fully saturated rings. The Morgan fingerprint density at radius 3 is 2.40 bits per heavy atom. The number of hydrogen-bond acceptors (Lipinski definition) is 2. The molecule has 0 aliphatic carbocycles. The Bertz CT molecular complexity index is 647. The number of halogens is 2. The van der Waals surface area contributed by atoms with Crippen molar-refractivity contribution in [2.45, 2.75) is 12.5 Å². The molecule has 2 aromatic carbocycles. The predicted octanol–water partition coefficient (Wildman–Crippen LogP) is 4.00. The van der Waals surface area contributed by atoms with E-state index in [-0.39, 0.29) is 5.69 Å². The van der Waals surface area contributed by atoms with Crippen LogP contribution in [0.5, 0.6) is 0 Å². The third kappa shape index (κ3) is 2.67. The zero-order chi connectivity index (χ0) is 14.8. The van der Waals surface area contributed by atoms with E-state index in [4.69, 9.17) is 0 Å². The highest BCUT2D eigenvalue weighted by molar-refractivity contribution is 9.10. The molecule has 0 radical (unpaired) electrons. The normalized spacial score (nSPS) is 13.6. The van der Waals surface area contributed by atoms with Gasteiger partial charge in [0.25, 0.3) is 0 Å². The van der Waals surface area contributed by atoms with Crippen molar-refractivity contribution in [3.05, 3.63) is 64.4 Å². The second kappa shape index (κ2) is 5.63. The summed E-state index contributed by atoms with van der Waals surface area (Å²) in [4.78, 5) is 11.7. The minimum Gasteiger partial charge on any atom is -0.479 e. The summed E-state index contributed by atoms with van der Waals surface area (Å²) in [5.74, 6) is -1.58. The van der Waals surface area contributed by atoms with E-state index in [0.29, 0.717) is 10.0 Å². The van der Waals surface area contributed by atoms with Crippen LogP contribution < -0.4 is 5.32 Å². The van der Waals surface area contributed by atoms with E-state index < -0.39 is 17.3 Å². The van der Waals surface area contributed by atoms with Crippen LogP contribution in [0.4, 0.5) is 10.1 Å². The number of aliphatic carboxylic acids is 1. The lowest BCUT2D eigenvalue weighted by atomic mass is 9.91. The molecule has 0 amide bonds. The Kier molecular flexibility index (Phi) is 4.09. The fourth-order valence-electron chi connectivity index (χ4n) is 1.93. The maximum absolute atomic E-state index is 13.7. The van der Waals surface area contributed by atoms with Gasteiger partial charge in [-0.15, -0.1) is 0 Å². The van der Waals surface area contributed by atoms with Gasteiger partial charge in [-0.05, 0) is 25.1 Å². The average Bonchev–Trinajstić information content (AvgIpc) is 2.41. The Morgan fingerprint density at radius 1 is 1.20 bits per heavy atom. The molecular weight excluding hydrogens is 325 g/mol. The van der Waals surface area contributed by atoms with Crippen molar-refractivity contribution in [2.75, 3.05) is 5.32 Å². The second-order valence-electron chi connectivity index (χ2n) is 4.51. The number of hydrogen-bond donors (Lipinski definition) is 2. The highest BCUT2D eigenvalue weighted by Crippen LogP contribution is 2.32. The minimum atomic E-state index is -1.44. The van der Waals surface area contributed by atoms with Crippen molar-refractivity contribution >= 4 is 27.6 Å². The van der Waals surface area contributed by atoms with Gasteiger partial charge in [-0.25, -0.2) is 9.18 Å². The van der Waals surface area contributed by atoms with Crippen LogP contribution in [0.2, 0.25) is 0 Å². The molecule has 1 unspecified atom stereocenters.